The SMILES string of the molecule is Cc1nn(CCN)c(C)c1S(=O)(=O)N(C)C1CCCC1. The molecular weight excluding hydrogens is 276 g/mol. The van der Waals surface area contributed by atoms with Crippen molar-refractivity contribution in [2.24, 2.45) is 5.73 Å². The maximum atomic E-state index is 12.8. The van der Waals surface area contributed by atoms with Crippen LogP contribution in [0.5, 0.6) is 0 Å². The Morgan fingerprint density at radius 3 is 2.50 bits per heavy atom. The Kier molecular flexibility index (Phi) is 4.51. The summed E-state index contributed by atoms with van der Waals surface area (Å²) in [5.74, 6) is 0. The first-order valence-corrected chi connectivity index (χ1v) is 8.55. The van der Waals surface area contributed by atoms with Crippen molar-refractivity contribution in [2.75, 3.05) is 13.6 Å². The Morgan fingerprint density at radius 2 is 1.95 bits per heavy atom. The maximum absolute atomic E-state index is 12.8. The summed E-state index contributed by atoms with van der Waals surface area (Å²) in [6.45, 7) is 4.52. The van der Waals surface area contributed by atoms with Gasteiger partial charge in [-0.1, -0.05) is 12.8 Å². The summed E-state index contributed by atoms with van der Waals surface area (Å²) in [6.07, 6.45) is 4.11. The fourth-order valence-corrected chi connectivity index (χ4v) is 4.79. The van der Waals surface area contributed by atoms with E-state index in [0.717, 1.165) is 25.7 Å². The molecule has 0 amide bonds. The Bertz CT molecular complexity index is 573. The molecule has 0 bridgehead atoms. The Hall–Kier alpha value is -0.920. The molecule has 0 saturated heterocycles. The highest BCUT2D eigenvalue weighted by Crippen LogP contribution is 2.29. The third kappa shape index (κ3) is 2.62. The van der Waals surface area contributed by atoms with Crippen LogP contribution in [0.3, 0.4) is 0 Å². The zero-order valence-electron chi connectivity index (χ0n) is 12.5. The molecule has 1 aliphatic rings. The fourth-order valence-electron chi connectivity index (χ4n) is 3.00. The van der Waals surface area contributed by atoms with Gasteiger partial charge < -0.3 is 5.73 Å². The number of nitrogens with two attached hydrogens (primary N) is 1. The Balaban J connectivity index is 2.38. The highest BCUT2D eigenvalue weighted by Gasteiger charge is 2.33. The van der Waals surface area contributed by atoms with E-state index in [4.69, 9.17) is 5.73 Å². The van der Waals surface area contributed by atoms with E-state index in [2.05, 4.69) is 5.10 Å². The number of hydrogen-bond donors (Lipinski definition) is 1. The van der Waals surface area contributed by atoms with Crippen LogP contribution in [0.15, 0.2) is 4.90 Å². The molecule has 1 heterocycles. The van der Waals surface area contributed by atoms with E-state index < -0.39 is 10.0 Å². The van der Waals surface area contributed by atoms with Crippen molar-refractivity contribution in [1.82, 2.24) is 14.1 Å². The first kappa shape index (κ1) is 15.5. The highest BCUT2D eigenvalue weighted by molar-refractivity contribution is 7.89. The van der Waals surface area contributed by atoms with Crippen LogP contribution >= 0.6 is 0 Å². The predicted octanol–water partition coefficient (Wildman–Crippen LogP) is 1.02. The van der Waals surface area contributed by atoms with Crippen LogP contribution in [-0.2, 0) is 16.6 Å². The average Bonchev–Trinajstić information content (AvgIpc) is 2.98. The predicted molar refractivity (Wildman–Crippen MR) is 78.0 cm³/mol. The number of sulfonamides is 1. The fraction of sp³-hybridized carbons (Fsp3) is 0.769. The lowest BCUT2D eigenvalue weighted by molar-refractivity contribution is 0.372. The molecule has 7 heteroatoms. The van der Waals surface area contributed by atoms with Gasteiger partial charge in [0.1, 0.15) is 4.90 Å². The van der Waals surface area contributed by atoms with Crippen molar-refractivity contribution in [3.05, 3.63) is 11.4 Å². The monoisotopic (exact) mass is 300 g/mol. The van der Waals surface area contributed by atoms with Crippen molar-refractivity contribution in [2.45, 2.75) is 57.0 Å². The van der Waals surface area contributed by atoms with Gasteiger partial charge in [0.25, 0.3) is 0 Å². The van der Waals surface area contributed by atoms with Crippen LogP contribution in [0.1, 0.15) is 37.1 Å². The number of nitrogens with zero attached hydrogens (tertiary/aromatic N) is 3. The lowest BCUT2D eigenvalue weighted by atomic mass is 10.3. The molecule has 0 aromatic carbocycles. The van der Waals surface area contributed by atoms with Crippen LogP contribution in [0.2, 0.25) is 0 Å². The lowest BCUT2D eigenvalue weighted by Gasteiger charge is -2.23. The van der Waals surface area contributed by atoms with Gasteiger partial charge in [-0.15, -0.1) is 0 Å². The molecule has 0 atom stereocenters. The third-order valence-electron chi connectivity index (χ3n) is 4.13. The van der Waals surface area contributed by atoms with Gasteiger partial charge in [0, 0.05) is 19.6 Å². The summed E-state index contributed by atoms with van der Waals surface area (Å²) in [7, 11) is -1.79. The minimum absolute atomic E-state index is 0.122. The highest BCUT2D eigenvalue weighted by atomic mass is 32.2. The quantitative estimate of drug-likeness (QED) is 0.880. The van der Waals surface area contributed by atoms with Crippen molar-refractivity contribution in [3.63, 3.8) is 0 Å². The van der Waals surface area contributed by atoms with Crippen molar-refractivity contribution in [3.8, 4) is 0 Å². The molecule has 1 aromatic rings. The molecule has 0 aliphatic heterocycles. The minimum Gasteiger partial charge on any atom is -0.329 e. The van der Waals surface area contributed by atoms with Gasteiger partial charge in [-0.05, 0) is 26.7 Å². The largest absolute Gasteiger partial charge is 0.329 e. The molecule has 0 radical (unpaired) electrons. The number of hydrogen-bond acceptors (Lipinski definition) is 4. The topological polar surface area (TPSA) is 81.2 Å². The molecule has 0 unspecified atom stereocenters. The normalized spacial score (nSPS) is 17.2. The second-order valence-electron chi connectivity index (χ2n) is 5.47. The van der Waals surface area contributed by atoms with Crippen molar-refractivity contribution < 1.29 is 8.42 Å². The molecule has 20 heavy (non-hydrogen) atoms. The molecule has 1 fully saturated rings. The van der Waals surface area contributed by atoms with E-state index in [1.165, 1.54) is 4.31 Å². The van der Waals surface area contributed by atoms with Gasteiger partial charge in [-0.2, -0.15) is 9.40 Å². The van der Waals surface area contributed by atoms with Gasteiger partial charge >= 0.3 is 0 Å². The first-order chi connectivity index (χ1) is 9.39. The van der Waals surface area contributed by atoms with E-state index >= 15 is 0 Å². The summed E-state index contributed by atoms with van der Waals surface area (Å²) in [6, 6.07) is 0.122. The van der Waals surface area contributed by atoms with Crippen LogP contribution in [-0.4, -0.2) is 42.1 Å². The number of rotatable bonds is 5. The summed E-state index contributed by atoms with van der Waals surface area (Å²) in [4.78, 5) is 0.348. The van der Waals surface area contributed by atoms with Crippen LogP contribution in [0.25, 0.3) is 0 Å². The van der Waals surface area contributed by atoms with Crippen LogP contribution in [0.4, 0.5) is 0 Å². The van der Waals surface area contributed by atoms with E-state index in [0.29, 0.717) is 29.4 Å². The number of aryl methyl sites for hydroxylation is 1. The van der Waals surface area contributed by atoms with Crippen molar-refractivity contribution in [1.29, 1.82) is 0 Å². The molecule has 1 saturated carbocycles. The summed E-state index contributed by atoms with van der Waals surface area (Å²) in [5.41, 5.74) is 6.77. The smallest absolute Gasteiger partial charge is 0.246 e. The Labute approximate surface area is 121 Å². The van der Waals surface area contributed by atoms with E-state index in [1.807, 2.05) is 0 Å². The van der Waals surface area contributed by atoms with Gasteiger partial charge in [0.2, 0.25) is 10.0 Å². The molecule has 0 spiro atoms. The molecule has 6 nitrogen and oxygen atoms in total. The van der Waals surface area contributed by atoms with E-state index in [1.54, 1.807) is 25.6 Å². The van der Waals surface area contributed by atoms with E-state index in [9.17, 15) is 8.42 Å². The molecule has 2 N–H and O–H groups in total. The van der Waals surface area contributed by atoms with Crippen molar-refractivity contribution >= 4 is 10.0 Å². The maximum Gasteiger partial charge on any atom is 0.246 e. The first-order valence-electron chi connectivity index (χ1n) is 7.11. The van der Waals surface area contributed by atoms with E-state index in [-0.39, 0.29) is 6.04 Å². The molecule has 1 aromatic heterocycles. The zero-order chi connectivity index (χ0) is 14.9. The van der Waals surface area contributed by atoms with Crippen LogP contribution in [0, 0.1) is 13.8 Å². The van der Waals surface area contributed by atoms with Crippen LogP contribution < -0.4 is 5.73 Å². The average molecular weight is 300 g/mol. The third-order valence-corrected chi connectivity index (χ3v) is 6.30. The Morgan fingerprint density at radius 1 is 1.35 bits per heavy atom. The second-order valence-corrected chi connectivity index (χ2v) is 7.41. The standard InChI is InChI=1S/C13H24N4O2S/c1-10-13(11(2)17(15-10)9-8-14)20(18,19)16(3)12-6-4-5-7-12/h12H,4-9,14H2,1-3H3. The van der Waals surface area contributed by atoms with Gasteiger partial charge in [0.05, 0.1) is 17.9 Å². The van der Waals surface area contributed by atoms with Gasteiger partial charge in [-0.3, -0.25) is 4.68 Å². The summed E-state index contributed by atoms with van der Waals surface area (Å²) < 4.78 is 28.9. The molecular formula is C13H24N4O2S. The van der Waals surface area contributed by atoms with Gasteiger partial charge in [0.15, 0.2) is 0 Å². The zero-order valence-corrected chi connectivity index (χ0v) is 13.3. The minimum atomic E-state index is -3.47. The van der Waals surface area contributed by atoms with Gasteiger partial charge in [-0.25, -0.2) is 8.42 Å². The molecule has 1 aliphatic carbocycles. The second kappa shape index (κ2) is 5.83. The molecule has 114 valence electrons. The lowest BCUT2D eigenvalue weighted by Crippen LogP contribution is -2.35. The summed E-state index contributed by atoms with van der Waals surface area (Å²) in [5, 5.41) is 4.31. The summed E-state index contributed by atoms with van der Waals surface area (Å²) >= 11 is 0. The molecule has 2 rings (SSSR count). The number of aromatic nitrogens is 2.